The molecule has 4 heteroatoms. The standard InChI is InChI=1S/C9H14BrN3/c1-7(11)4-5-12-9-3-2-8(10)6-13-9/h2-3,6-7H,4-5,11H2,1H3,(H,12,13)/t7-/m1/s1. The van der Waals surface area contributed by atoms with Crippen molar-refractivity contribution in [3.05, 3.63) is 22.8 Å². The second-order valence-electron chi connectivity index (χ2n) is 3.05. The molecule has 1 rings (SSSR count). The van der Waals surface area contributed by atoms with E-state index in [0.29, 0.717) is 0 Å². The lowest BCUT2D eigenvalue weighted by Gasteiger charge is -2.07. The third-order valence-electron chi connectivity index (χ3n) is 1.63. The molecule has 0 bridgehead atoms. The first kappa shape index (κ1) is 10.5. The van der Waals surface area contributed by atoms with Gasteiger partial charge in [0.25, 0.3) is 0 Å². The van der Waals surface area contributed by atoms with Crippen molar-refractivity contribution in [3.8, 4) is 0 Å². The zero-order valence-electron chi connectivity index (χ0n) is 7.63. The summed E-state index contributed by atoms with van der Waals surface area (Å²) in [6.45, 7) is 2.86. The fourth-order valence-corrected chi connectivity index (χ4v) is 1.14. The Morgan fingerprint density at radius 3 is 2.92 bits per heavy atom. The van der Waals surface area contributed by atoms with Crippen LogP contribution in [0.15, 0.2) is 22.8 Å². The molecular weight excluding hydrogens is 230 g/mol. The van der Waals surface area contributed by atoms with E-state index in [2.05, 4.69) is 26.2 Å². The monoisotopic (exact) mass is 243 g/mol. The van der Waals surface area contributed by atoms with E-state index in [-0.39, 0.29) is 6.04 Å². The largest absolute Gasteiger partial charge is 0.370 e. The molecule has 3 N–H and O–H groups in total. The maximum atomic E-state index is 5.61. The first-order valence-electron chi connectivity index (χ1n) is 4.29. The zero-order chi connectivity index (χ0) is 9.68. The Morgan fingerprint density at radius 2 is 2.38 bits per heavy atom. The lowest BCUT2D eigenvalue weighted by atomic mass is 10.2. The van der Waals surface area contributed by atoms with Crippen molar-refractivity contribution in [3.63, 3.8) is 0 Å². The van der Waals surface area contributed by atoms with Crippen LogP contribution in [0.4, 0.5) is 5.82 Å². The van der Waals surface area contributed by atoms with Crippen LogP contribution in [-0.4, -0.2) is 17.6 Å². The van der Waals surface area contributed by atoms with Gasteiger partial charge in [-0.25, -0.2) is 4.98 Å². The van der Waals surface area contributed by atoms with E-state index in [1.807, 2.05) is 19.1 Å². The molecule has 0 aliphatic rings. The molecule has 1 atom stereocenters. The highest BCUT2D eigenvalue weighted by Gasteiger charge is 1.95. The number of hydrogen-bond acceptors (Lipinski definition) is 3. The van der Waals surface area contributed by atoms with E-state index in [1.54, 1.807) is 6.20 Å². The minimum atomic E-state index is 0.239. The van der Waals surface area contributed by atoms with Gasteiger partial charge in [0.2, 0.25) is 0 Å². The summed E-state index contributed by atoms with van der Waals surface area (Å²) >= 11 is 3.33. The van der Waals surface area contributed by atoms with Gasteiger partial charge < -0.3 is 11.1 Å². The van der Waals surface area contributed by atoms with Crippen molar-refractivity contribution in [2.24, 2.45) is 5.73 Å². The van der Waals surface area contributed by atoms with E-state index in [0.717, 1.165) is 23.3 Å². The van der Waals surface area contributed by atoms with Crippen molar-refractivity contribution in [2.45, 2.75) is 19.4 Å². The summed E-state index contributed by atoms with van der Waals surface area (Å²) in [7, 11) is 0. The van der Waals surface area contributed by atoms with Crippen LogP contribution in [-0.2, 0) is 0 Å². The maximum Gasteiger partial charge on any atom is 0.125 e. The molecule has 0 fully saturated rings. The minimum Gasteiger partial charge on any atom is -0.370 e. The van der Waals surface area contributed by atoms with Gasteiger partial charge in [0, 0.05) is 23.3 Å². The number of nitrogens with zero attached hydrogens (tertiary/aromatic N) is 1. The zero-order valence-corrected chi connectivity index (χ0v) is 9.21. The molecule has 0 aliphatic heterocycles. The first-order valence-corrected chi connectivity index (χ1v) is 5.09. The summed E-state index contributed by atoms with van der Waals surface area (Å²) in [6, 6.07) is 4.13. The van der Waals surface area contributed by atoms with Crippen LogP contribution in [0.2, 0.25) is 0 Å². The van der Waals surface area contributed by atoms with Crippen molar-refractivity contribution < 1.29 is 0 Å². The summed E-state index contributed by atoms with van der Waals surface area (Å²) < 4.78 is 0.991. The minimum absolute atomic E-state index is 0.239. The van der Waals surface area contributed by atoms with Crippen molar-refractivity contribution in [1.82, 2.24) is 4.98 Å². The Bertz CT molecular complexity index is 246. The predicted octanol–water partition coefficient (Wildman–Crippen LogP) is 1.99. The van der Waals surface area contributed by atoms with Gasteiger partial charge in [-0.05, 0) is 41.4 Å². The molecule has 0 amide bonds. The lowest BCUT2D eigenvalue weighted by Crippen LogP contribution is -2.19. The number of anilines is 1. The molecule has 1 aromatic heterocycles. The molecular formula is C9H14BrN3. The lowest BCUT2D eigenvalue weighted by molar-refractivity contribution is 0.689. The normalized spacial score (nSPS) is 12.5. The summed E-state index contributed by atoms with van der Waals surface area (Å²) in [5.74, 6) is 0.892. The van der Waals surface area contributed by atoms with E-state index in [1.165, 1.54) is 0 Å². The molecule has 13 heavy (non-hydrogen) atoms. The van der Waals surface area contributed by atoms with Crippen molar-refractivity contribution in [2.75, 3.05) is 11.9 Å². The van der Waals surface area contributed by atoms with Gasteiger partial charge in [-0.1, -0.05) is 0 Å². The molecule has 0 aromatic carbocycles. The highest BCUT2D eigenvalue weighted by molar-refractivity contribution is 9.10. The quantitative estimate of drug-likeness (QED) is 0.851. The van der Waals surface area contributed by atoms with Crippen LogP contribution in [0.5, 0.6) is 0 Å². The van der Waals surface area contributed by atoms with Crippen LogP contribution in [0.25, 0.3) is 0 Å². The number of pyridine rings is 1. The Kier molecular flexibility index (Phi) is 4.18. The molecule has 3 nitrogen and oxygen atoms in total. The van der Waals surface area contributed by atoms with E-state index < -0.39 is 0 Å². The summed E-state index contributed by atoms with van der Waals surface area (Å²) in [6.07, 6.45) is 2.73. The average molecular weight is 244 g/mol. The summed E-state index contributed by atoms with van der Waals surface area (Å²) in [5, 5.41) is 3.19. The molecule has 0 saturated carbocycles. The number of nitrogens with two attached hydrogens (primary N) is 1. The second kappa shape index (κ2) is 5.19. The van der Waals surface area contributed by atoms with Gasteiger partial charge in [0.05, 0.1) is 0 Å². The number of halogens is 1. The topological polar surface area (TPSA) is 50.9 Å². The van der Waals surface area contributed by atoms with Gasteiger partial charge in [0.1, 0.15) is 5.82 Å². The fourth-order valence-electron chi connectivity index (χ4n) is 0.908. The highest BCUT2D eigenvalue weighted by atomic mass is 79.9. The highest BCUT2D eigenvalue weighted by Crippen LogP contribution is 2.10. The SMILES string of the molecule is C[C@@H](N)CCNc1ccc(Br)cn1. The second-order valence-corrected chi connectivity index (χ2v) is 3.97. The number of aromatic nitrogens is 1. The smallest absolute Gasteiger partial charge is 0.125 e. The molecule has 72 valence electrons. The first-order chi connectivity index (χ1) is 6.18. The van der Waals surface area contributed by atoms with Gasteiger partial charge in [0.15, 0.2) is 0 Å². The van der Waals surface area contributed by atoms with Crippen LogP contribution in [0, 0.1) is 0 Å². The Morgan fingerprint density at radius 1 is 1.62 bits per heavy atom. The molecule has 1 aromatic rings. The van der Waals surface area contributed by atoms with E-state index in [9.17, 15) is 0 Å². The molecule has 0 saturated heterocycles. The summed E-state index contributed by atoms with van der Waals surface area (Å²) in [4.78, 5) is 4.18. The average Bonchev–Trinajstić information content (AvgIpc) is 2.08. The number of hydrogen-bond donors (Lipinski definition) is 2. The Balaban J connectivity index is 2.33. The molecule has 0 spiro atoms. The molecule has 0 unspecified atom stereocenters. The van der Waals surface area contributed by atoms with Gasteiger partial charge in [-0.3, -0.25) is 0 Å². The number of nitrogens with one attached hydrogen (secondary N) is 1. The van der Waals surface area contributed by atoms with Crippen LogP contribution in [0.3, 0.4) is 0 Å². The summed E-state index contributed by atoms with van der Waals surface area (Å²) in [5.41, 5.74) is 5.61. The van der Waals surface area contributed by atoms with Gasteiger partial charge >= 0.3 is 0 Å². The van der Waals surface area contributed by atoms with Gasteiger partial charge in [-0.2, -0.15) is 0 Å². The van der Waals surface area contributed by atoms with Crippen LogP contribution >= 0.6 is 15.9 Å². The molecule has 1 heterocycles. The van der Waals surface area contributed by atoms with Crippen molar-refractivity contribution in [1.29, 1.82) is 0 Å². The van der Waals surface area contributed by atoms with Crippen LogP contribution < -0.4 is 11.1 Å². The Labute approximate surface area is 86.9 Å². The third kappa shape index (κ3) is 4.24. The van der Waals surface area contributed by atoms with E-state index in [4.69, 9.17) is 5.73 Å². The predicted molar refractivity (Wildman–Crippen MR) is 58.7 cm³/mol. The van der Waals surface area contributed by atoms with Gasteiger partial charge in [-0.15, -0.1) is 0 Å². The van der Waals surface area contributed by atoms with E-state index >= 15 is 0 Å². The Hall–Kier alpha value is -0.610. The maximum absolute atomic E-state index is 5.61. The van der Waals surface area contributed by atoms with Crippen LogP contribution in [0.1, 0.15) is 13.3 Å². The molecule has 0 aliphatic carbocycles. The third-order valence-corrected chi connectivity index (χ3v) is 2.10. The number of rotatable bonds is 4. The molecule has 0 radical (unpaired) electrons. The fraction of sp³-hybridized carbons (Fsp3) is 0.444. The van der Waals surface area contributed by atoms with Crippen molar-refractivity contribution >= 4 is 21.7 Å².